The molecule has 0 radical (unpaired) electrons. The van der Waals surface area contributed by atoms with E-state index in [1.807, 2.05) is 78.9 Å². The molecule has 48 heavy (non-hydrogen) atoms. The fraction of sp³-hybridized carbons (Fsp3) is 0.314. The van der Waals surface area contributed by atoms with Crippen molar-refractivity contribution in [3.05, 3.63) is 113 Å². The van der Waals surface area contributed by atoms with E-state index in [2.05, 4.69) is 30.9 Å². The van der Waals surface area contributed by atoms with Gasteiger partial charge in [-0.25, -0.2) is 14.6 Å². The van der Waals surface area contributed by atoms with Gasteiger partial charge in [-0.15, -0.1) is 0 Å². The lowest BCUT2D eigenvalue weighted by Crippen LogP contribution is -2.55. The lowest BCUT2D eigenvalue weighted by Gasteiger charge is -2.25. The Bertz CT molecular complexity index is 1660. The van der Waals surface area contributed by atoms with E-state index in [0.717, 1.165) is 16.8 Å². The molecule has 0 fully saturated rings. The number of benzene rings is 2. The summed E-state index contributed by atoms with van der Waals surface area (Å²) in [5.74, 6) is -1.22. The molecule has 0 aliphatic carbocycles. The van der Waals surface area contributed by atoms with E-state index in [1.165, 1.54) is 18.9 Å². The quantitative estimate of drug-likeness (QED) is 0.113. The first-order valence-electron chi connectivity index (χ1n) is 15.4. The molecular formula is C35H40N6O6S. The minimum atomic E-state index is -1.04. The Morgan fingerprint density at radius 1 is 0.833 bits per heavy atom. The number of amides is 3. The molecule has 2 atom stereocenters. The van der Waals surface area contributed by atoms with Gasteiger partial charge in [-0.1, -0.05) is 78.5 Å². The molecule has 252 valence electrons. The Kier molecular flexibility index (Phi) is 12.7. The van der Waals surface area contributed by atoms with Crippen LogP contribution in [-0.4, -0.2) is 63.6 Å². The van der Waals surface area contributed by atoms with E-state index in [4.69, 9.17) is 9.47 Å². The van der Waals surface area contributed by atoms with E-state index in [9.17, 15) is 19.2 Å². The van der Waals surface area contributed by atoms with Crippen LogP contribution < -0.4 is 16.0 Å². The molecule has 12 nitrogen and oxygen atoms in total. The number of H-pyrrole nitrogens is 1. The Morgan fingerprint density at radius 3 is 2.00 bits per heavy atom. The first-order chi connectivity index (χ1) is 23.0. The molecule has 3 amide bonds. The summed E-state index contributed by atoms with van der Waals surface area (Å²) < 4.78 is 10.3. The smallest absolute Gasteiger partial charge is 0.408 e. The molecule has 2 heterocycles. The van der Waals surface area contributed by atoms with Gasteiger partial charge >= 0.3 is 12.1 Å². The summed E-state index contributed by atoms with van der Waals surface area (Å²) in [6.07, 6.45) is 1.28. The molecule has 4 rings (SSSR count). The average molecular weight is 673 g/mol. The van der Waals surface area contributed by atoms with Crippen LogP contribution in [0.2, 0.25) is 0 Å². The molecule has 0 spiro atoms. The monoisotopic (exact) mass is 672 g/mol. The van der Waals surface area contributed by atoms with Crippen LogP contribution in [0.15, 0.2) is 90.2 Å². The maximum atomic E-state index is 13.8. The van der Waals surface area contributed by atoms with Gasteiger partial charge in [0.25, 0.3) is 0 Å². The number of thioether (sulfide) groups is 1. The third kappa shape index (κ3) is 11.3. The van der Waals surface area contributed by atoms with Crippen molar-refractivity contribution in [2.45, 2.75) is 68.8 Å². The number of pyridine rings is 1. The van der Waals surface area contributed by atoms with Crippen LogP contribution in [0.4, 0.5) is 4.79 Å². The zero-order valence-corrected chi connectivity index (χ0v) is 28.1. The highest BCUT2D eigenvalue weighted by Gasteiger charge is 2.29. The van der Waals surface area contributed by atoms with Gasteiger partial charge in [-0.3, -0.25) is 14.6 Å². The second kappa shape index (κ2) is 17.1. The number of methoxy groups -OCH3 is 1. The fourth-order valence-corrected chi connectivity index (χ4v) is 5.42. The SMILES string of the molecule is COC(=O)c1nc(SCc2ccccn2)[nH]c1CNC(=O)C(Cc1ccccc1)NC(=O)C(Cc1ccccc1)NC(=O)OC(C)(C)C. The number of carbonyl (C=O) groups is 4. The van der Waals surface area contributed by atoms with Crippen LogP contribution >= 0.6 is 11.8 Å². The van der Waals surface area contributed by atoms with Gasteiger partial charge in [0.05, 0.1) is 25.0 Å². The molecule has 2 unspecified atom stereocenters. The molecule has 0 bridgehead atoms. The number of rotatable bonds is 14. The Labute approximate surface area is 283 Å². The summed E-state index contributed by atoms with van der Waals surface area (Å²) in [6, 6.07) is 22.0. The summed E-state index contributed by atoms with van der Waals surface area (Å²) in [4.78, 5) is 64.5. The standard InChI is InChI=1S/C35H40N6O6S/c1-35(2,3)47-34(45)40-27(20-24-15-9-6-10-16-24)31(43)38-26(19-23-13-7-5-8-14-23)30(42)37-21-28-29(32(44)46-4)41-33(39-28)48-22-25-17-11-12-18-36-25/h5-18,26-27H,19-22H2,1-4H3,(H,37,42)(H,38,43)(H,39,41)(H,40,45). The van der Waals surface area contributed by atoms with E-state index in [1.54, 1.807) is 27.0 Å². The van der Waals surface area contributed by atoms with Crippen molar-refractivity contribution in [3.8, 4) is 0 Å². The molecular weight excluding hydrogens is 632 g/mol. The second-order valence-corrected chi connectivity index (χ2v) is 12.8. The number of esters is 1. The molecule has 0 saturated carbocycles. The molecule has 2 aromatic heterocycles. The minimum absolute atomic E-state index is 0.0365. The second-order valence-electron chi connectivity index (χ2n) is 11.8. The lowest BCUT2D eigenvalue weighted by atomic mass is 10.0. The van der Waals surface area contributed by atoms with Crippen molar-refractivity contribution in [2.24, 2.45) is 0 Å². The predicted octanol–water partition coefficient (Wildman–Crippen LogP) is 4.36. The van der Waals surface area contributed by atoms with Gasteiger partial charge in [-0.05, 0) is 44.0 Å². The minimum Gasteiger partial charge on any atom is -0.464 e. The number of ether oxygens (including phenoxy) is 2. The van der Waals surface area contributed by atoms with Crippen LogP contribution in [0.5, 0.6) is 0 Å². The average Bonchev–Trinajstić information content (AvgIpc) is 3.49. The van der Waals surface area contributed by atoms with Crippen LogP contribution in [-0.2, 0) is 44.2 Å². The molecule has 0 aliphatic rings. The van der Waals surface area contributed by atoms with Crippen molar-refractivity contribution in [1.82, 2.24) is 30.9 Å². The summed E-state index contributed by atoms with van der Waals surface area (Å²) in [5, 5.41) is 8.78. The number of imidazole rings is 1. The third-order valence-corrected chi connectivity index (χ3v) is 7.77. The lowest BCUT2D eigenvalue weighted by molar-refractivity contribution is -0.130. The Hall–Kier alpha value is -5.17. The number of hydrogen-bond acceptors (Lipinski definition) is 9. The molecule has 0 aliphatic heterocycles. The zero-order valence-electron chi connectivity index (χ0n) is 27.3. The number of aromatic amines is 1. The summed E-state index contributed by atoms with van der Waals surface area (Å²) >= 11 is 1.35. The van der Waals surface area contributed by atoms with E-state index in [0.29, 0.717) is 16.6 Å². The molecule has 2 aromatic carbocycles. The summed E-state index contributed by atoms with van der Waals surface area (Å²) in [5.41, 5.74) is 2.05. The number of nitrogens with zero attached hydrogens (tertiary/aromatic N) is 2. The van der Waals surface area contributed by atoms with E-state index in [-0.39, 0.29) is 25.1 Å². The Balaban J connectivity index is 1.52. The highest BCUT2D eigenvalue weighted by Crippen LogP contribution is 2.21. The maximum absolute atomic E-state index is 13.8. The van der Waals surface area contributed by atoms with Gasteiger partial charge in [-0.2, -0.15) is 0 Å². The first kappa shape index (κ1) is 35.7. The predicted molar refractivity (Wildman–Crippen MR) is 181 cm³/mol. The van der Waals surface area contributed by atoms with Gasteiger partial charge in [0.2, 0.25) is 11.8 Å². The number of alkyl carbamates (subject to hydrolysis) is 1. The normalized spacial score (nSPS) is 12.3. The largest absolute Gasteiger partial charge is 0.464 e. The molecule has 0 saturated heterocycles. The first-order valence-corrected chi connectivity index (χ1v) is 16.3. The summed E-state index contributed by atoms with van der Waals surface area (Å²) in [6.45, 7) is 5.09. The molecule has 13 heteroatoms. The van der Waals surface area contributed by atoms with E-state index >= 15 is 0 Å². The van der Waals surface area contributed by atoms with Crippen LogP contribution in [0, 0.1) is 0 Å². The van der Waals surface area contributed by atoms with Crippen molar-refractivity contribution in [2.75, 3.05) is 7.11 Å². The number of nitrogens with one attached hydrogen (secondary N) is 4. The van der Waals surface area contributed by atoms with Gasteiger partial charge in [0.15, 0.2) is 10.9 Å². The van der Waals surface area contributed by atoms with Crippen molar-refractivity contribution in [1.29, 1.82) is 0 Å². The van der Waals surface area contributed by atoms with Crippen LogP contribution in [0.3, 0.4) is 0 Å². The number of aromatic nitrogens is 3. The number of hydrogen-bond donors (Lipinski definition) is 4. The van der Waals surface area contributed by atoms with Gasteiger partial charge in [0.1, 0.15) is 17.7 Å². The van der Waals surface area contributed by atoms with Crippen molar-refractivity contribution in [3.63, 3.8) is 0 Å². The van der Waals surface area contributed by atoms with Crippen molar-refractivity contribution >= 4 is 35.6 Å². The molecule has 4 aromatic rings. The van der Waals surface area contributed by atoms with Crippen molar-refractivity contribution < 1.29 is 28.7 Å². The topological polar surface area (TPSA) is 164 Å². The third-order valence-electron chi connectivity index (χ3n) is 6.86. The summed E-state index contributed by atoms with van der Waals surface area (Å²) in [7, 11) is 1.25. The fourth-order valence-electron chi connectivity index (χ4n) is 4.61. The zero-order chi connectivity index (χ0) is 34.5. The molecule has 4 N–H and O–H groups in total. The Morgan fingerprint density at radius 2 is 1.44 bits per heavy atom. The van der Waals surface area contributed by atoms with E-state index < -0.39 is 41.6 Å². The van der Waals surface area contributed by atoms with Gasteiger partial charge < -0.3 is 30.4 Å². The van der Waals surface area contributed by atoms with Crippen LogP contribution in [0.1, 0.15) is 53.8 Å². The van der Waals surface area contributed by atoms with Crippen LogP contribution in [0.25, 0.3) is 0 Å². The maximum Gasteiger partial charge on any atom is 0.408 e. The highest BCUT2D eigenvalue weighted by molar-refractivity contribution is 7.98. The number of carbonyl (C=O) groups excluding carboxylic acids is 4. The van der Waals surface area contributed by atoms with Gasteiger partial charge in [0, 0.05) is 24.8 Å². The highest BCUT2D eigenvalue weighted by atomic mass is 32.2.